The smallest absolute Gasteiger partial charge is 0.243 e. The summed E-state index contributed by atoms with van der Waals surface area (Å²) in [5.74, 6) is -1.33. The molecule has 0 bridgehead atoms. The molecule has 2 amide bonds. The first kappa shape index (κ1) is 26.2. The van der Waals surface area contributed by atoms with Gasteiger partial charge < -0.3 is 14.8 Å². The predicted molar refractivity (Wildman–Crippen MR) is 149 cm³/mol. The van der Waals surface area contributed by atoms with Gasteiger partial charge in [0.25, 0.3) is 0 Å². The van der Waals surface area contributed by atoms with Gasteiger partial charge in [0.05, 0.1) is 24.7 Å². The third-order valence-corrected chi connectivity index (χ3v) is 8.43. The van der Waals surface area contributed by atoms with Crippen molar-refractivity contribution in [2.24, 2.45) is 7.05 Å². The molecular weight excluding hydrogens is 510 g/mol. The Balaban J connectivity index is 1.25. The van der Waals surface area contributed by atoms with Gasteiger partial charge in [0, 0.05) is 36.1 Å². The zero-order valence-electron chi connectivity index (χ0n) is 22.6. The molecule has 2 fully saturated rings. The van der Waals surface area contributed by atoms with Crippen LogP contribution >= 0.6 is 0 Å². The van der Waals surface area contributed by atoms with E-state index in [0.717, 1.165) is 34.9 Å². The normalized spacial score (nSPS) is 20.4. The summed E-state index contributed by atoms with van der Waals surface area (Å²) in [4.78, 5) is 32.7. The number of alkyl halides is 1. The monoisotopic (exact) mass is 542 g/mol. The Kier molecular flexibility index (Phi) is 6.64. The van der Waals surface area contributed by atoms with Crippen molar-refractivity contribution in [3.8, 4) is 0 Å². The quantitative estimate of drug-likeness (QED) is 0.329. The highest BCUT2D eigenvalue weighted by Gasteiger charge is 2.43. The first-order chi connectivity index (χ1) is 19.2. The molecule has 6 rings (SSSR count). The van der Waals surface area contributed by atoms with E-state index in [1.165, 1.54) is 4.90 Å². The van der Waals surface area contributed by atoms with Crippen molar-refractivity contribution in [3.05, 3.63) is 101 Å². The molecule has 6 nitrogen and oxygen atoms in total. The van der Waals surface area contributed by atoms with Gasteiger partial charge >= 0.3 is 0 Å². The molecule has 8 heteroatoms. The van der Waals surface area contributed by atoms with E-state index in [1.54, 1.807) is 12.1 Å². The zero-order valence-corrected chi connectivity index (χ0v) is 22.6. The van der Waals surface area contributed by atoms with Gasteiger partial charge in [-0.25, -0.2) is 9.37 Å². The Morgan fingerprint density at radius 2 is 1.80 bits per heavy atom. The van der Waals surface area contributed by atoms with Crippen LogP contribution in [0.5, 0.6) is 0 Å². The maximum absolute atomic E-state index is 15.1. The Labute approximate surface area is 232 Å². The van der Waals surface area contributed by atoms with Crippen LogP contribution in [0.25, 0.3) is 10.9 Å². The molecule has 0 radical (unpaired) electrons. The largest absolute Gasteiger partial charge is 0.350 e. The number of rotatable bonds is 7. The number of aromatic nitrogens is 2. The van der Waals surface area contributed by atoms with Crippen molar-refractivity contribution >= 4 is 22.7 Å². The highest BCUT2D eigenvalue weighted by Crippen LogP contribution is 2.48. The molecule has 1 aliphatic heterocycles. The van der Waals surface area contributed by atoms with E-state index in [1.807, 2.05) is 79.3 Å². The summed E-state index contributed by atoms with van der Waals surface area (Å²) in [7, 11) is 1.91. The molecule has 0 spiro atoms. The van der Waals surface area contributed by atoms with Gasteiger partial charge in [-0.2, -0.15) is 4.39 Å². The van der Waals surface area contributed by atoms with Gasteiger partial charge in [0.2, 0.25) is 17.8 Å². The number of aryl methyl sites for hydroxylation is 1. The van der Waals surface area contributed by atoms with Crippen LogP contribution in [0.15, 0.2) is 72.9 Å². The Hall–Kier alpha value is -4.07. The van der Waals surface area contributed by atoms with Gasteiger partial charge in [-0.15, -0.1) is 0 Å². The summed E-state index contributed by atoms with van der Waals surface area (Å²) in [5, 5.41) is 3.92. The number of carbonyl (C=O) groups excluding carboxylic acids is 2. The third kappa shape index (κ3) is 4.87. The van der Waals surface area contributed by atoms with E-state index in [9.17, 15) is 14.0 Å². The molecule has 2 aliphatic rings. The van der Waals surface area contributed by atoms with Crippen LogP contribution in [0.1, 0.15) is 54.6 Å². The summed E-state index contributed by atoms with van der Waals surface area (Å²) in [5.41, 5.74) is 3.29. The minimum atomic E-state index is -1.31. The zero-order chi connectivity index (χ0) is 28.0. The number of carbonyl (C=O) groups is 2. The lowest BCUT2D eigenvalue weighted by Gasteiger charge is -2.27. The van der Waals surface area contributed by atoms with E-state index in [0.29, 0.717) is 11.3 Å². The number of hydrogen-bond acceptors (Lipinski definition) is 3. The minimum absolute atomic E-state index is 0.0625. The van der Waals surface area contributed by atoms with E-state index >= 15 is 4.39 Å². The van der Waals surface area contributed by atoms with Crippen molar-refractivity contribution in [1.29, 1.82) is 0 Å². The van der Waals surface area contributed by atoms with Gasteiger partial charge in [-0.1, -0.05) is 61.5 Å². The van der Waals surface area contributed by atoms with Gasteiger partial charge in [0.1, 0.15) is 12.2 Å². The molecule has 1 saturated heterocycles. The lowest BCUT2D eigenvalue weighted by Crippen LogP contribution is -2.47. The fraction of sp³-hybridized carbons (Fsp3) is 0.344. The molecule has 206 valence electrons. The highest BCUT2D eigenvalue weighted by atomic mass is 19.1. The Morgan fingerprint density at radius 1 is 1.07 bits per heavy atom. The lowest BCUT2D eigenvalue weighted by molar-refractivity contribution is -0.138. The molecule has 2 aromatic carbocycles. The molecule has 40 heavy (non-hydrogen) atoms. The van der Waals surface area contributed by atoms with Crippen LogP contribution in [0, 0.1) is 5.95 Å². The highest BCUT2D eigenvalue weighted by molar-refractivity contribution is 5.93. The van der Waals surface area contributed by atoms with Crippen LogP contribution in [0.2, 0.25) is 0 Å². The average molecular weight is 543 g/mol. The van der Waals surface area contributed by atoms with Crippen molar-refractivity contribution in [2.45, 2.75) is 56.3 Å². The van der Waals surface area contributed by atoms with Crippen molar-refractivity contribution < 1.29 is 18.4 Å². The van der Waals surface area contributed by atoms with Crippen LogP contribution in [0.3, 0.4) is 0 Å². The fourth-order valence-corrected chi connectivity index (χ4v) is 5.87. The topological polar surface area (TPSA) is 67.2 Å². The number of amides is 2. The van der Waals surface area contributed by atoms with Gasteiger partial charge in [-0.05, 0) is 41.5 Å². The number of benzene rings is 2. The number of likely N-dealkylation sites (tertiary alicyclic amines) is 1. The number of nitrogens with zero attached hydrogens (tertiary/aromatic N) is 3. The van der Waals surface area contributed by atoms with Gasteiger partial charge in [-0.3, -0.25) is 9.59 Å². The second-order valence-corrected chi connectivity index (χ2v) is 11.3. The first-order valence-electron chi connectivity index (χ1n) is 13.7. The molecule has 1 aliphatic carbocycles. The third-order valence-electron chi connectivity index (χ3n) is 8.43. The number of halogens is 2. The lowest BCUT2D eigenvalue weighted by atomic mass is 9.97. The van der Waals surface area contributed by atoms with Crippen LogP contribution in [-0.4, -0.2) is 45.0 Å². The SMILES string of the molecule is Cn1cc(CC(=O)N2CC(F)CC2C(=O)NC(c2ccccc2)c2ccc(C3(C)CC3)c(F)n2)c2ccccc21. The maximum atomic E-state index is 15.1. The number of para-hydroxylation sites is 1. The fourth-order valence-electron chi connectivity index (χ4n) is 5.87. The number of pyridine rings is 1. The second-order valence-electron chi connectivity index (χ2n) is 11.3. The average Bonchev–Trinajstić information content (AvgIpc) is 3.45. The number of hydrogen-bond donors (Lipinski definition) is 1. The summed E-state index contributed by atoms with van der Waals surface area (Å²) in [6, 6.07) is 18.7. The molecule has 3 unspecified atom stereocenters. The minimum Gasteiger partial charge on any atom is -0.350 e. The van der Waals surface area contributed by atoms with Crippen LogP contribution in [0.4, 0.5) is 8.78 Å². The molecule has 4 aromatic rings. The summed E-state index contributed by atoms with van der Waals surface area (Å²) in [6.07, 6.45) is 2.40. The summed E-state index contributed by atoms with van der Waals surface area (Å²) >= 11 is 0. The Morgan fingerprint density at radius 3 is 2.52 bits per heavy atom. The molecule has 2 aromatic heterocycles. The molecule has 3 atom stereocenters. The van der Waals surface area contributed by atoms with E-state index < -0.39 is 30.1 Å². The van der Waals surface area contributed by atoms with E-state index in [2.05, 4.69) is 10.3 Å². The molecule has 3 heterocycles. The van der Waals surface area contributed by atoms with E-state index in [-0.39, 0.29) is 30.7 Å². The van der Waals surface area contributed by atoms with Crippen LogP contribution in [-0.2, 0) is 28.5 Å². The molecule has 1 N–H and O–H groups in total. The molecule has 1 saturated carbocycles. The number of nitrogens with one attached hydrogen (secondary N) is 1. The predicted octanol–water partition coefficient (Wildman–Crippen LogP) is 5.15. The maximum Gasteiger partial charge on any atom is 0.243 e. The van der Waals surface area contributed by atoms with E-state index in [4.69, 9.17) is 0 Å². The second kappa shape index (κ2) is 10.2. The van der Waals surface area contributed by atoms with Crippen molar-refractivity contribution in [3.63, 3.8) is 0 Å². The van der Waals surface area contributed by atoms with Gasteiger partial charge in [0.15, 0.2) is 0 Å². The van der Waals surface area contributed by atoms with Crippen molar-refractivity contribution in [2.75, 3.05) is 6.54 Å². The first-order valence-corrected chi connectivity index (χ1v) is 13.7. The number of fused-ring (bicyclic) bond motifs is 1. The summed E-state index contributed by atoms with van der Waals surface area (Å²) in [6.45, 7) is 1.87. The summed E-state index contributed by atoms with van der Waals surface area (Å²) < 4.78 is 31.8. The van der Waals surface area contributed by atoms with Crippen LogP contribution < -0.4 is 5.32 Å². The van der Waals surface area contributed by atoms with Crippen molar-refractivity contribution in [1.82, 2.24) is 19.8 Å². The molecular formula is C32H32F2N4O2. The standard InChI is InChI=1S/C32H32F2N4O2/c1-32(14-15-32)24-12-13-25(35-30(24)34)29(20-8-4-3-5-9-20)36-31(40)27-17-22(33)19-38(27)28(39)16-21-18-37(2)26-11-7-6-10-23(21)26/h3-13,18,22,27,29H,14-17,19H2,1-2H3,(H,36,40). The Bertz CT molecular complexity index is 1580.